The van der Waals surface area contributed by atoms with Gasteiger partial charge in [0.05, 0.1) is 5.60 Å². The molecule has 1 saturated heterocycles. The van der Waals surface area contributed by atoms with Gasteiger partial charge in [0.2, 0.25) is 0 Å². The predicted octanol–water partition coefficient (Wildman–Crippen LogP) is 3.20. The molecule has 1 aliphatic heterocycles. The van der Waals surface area contributed by atoms with Gasteiger partial charge in [-0.25, -0.2) is 4.39 Å². The Kier molecular flexibility index (Phi) is 5.99. The summed E-state index contributed by atoms with van der Waals surface area (Å²) in [4.78, 5) is 0. The summed E-state index contributed by atoms with van der Waals surface area (Å²) in [5.41, 5.74) is 0.679. The first-order valence-electron chi connectivity index (χ1n) is 7.41. The first-order valence-corrected chi connectivity index (χ1v) is 7.79. The second-order valence-corrected chi connectivity index (χ2v) is 5.84. The van der Waals surface area contributed by atoms with E-state index in [1.807, 2.05) is 0 Å². The zero-order valence-electron chi connectivity index (χ0n) is 12.6. The van der Waals surface area contributed by atoms with E-state index in [0.29, 0.717) is 24.7 Å². The van der Waals surface area contributed by atoms with Crippen LogP contribution in [0.25, 0.3) is 0 Å². The quantitative estimate of drug-likeness (QED) is 0.874. The van der Waals surface area contributed by atoms with E-state index < -0.39 is 0 Å². The number of ether oxygens (including phenoxy) is 2. The number of rotatable bonds is 6. The van der Waals surface area contributed by atoms with Gasteiger partial charge in [0.15, 0.2) is 0 Å². The lowest BCUT2D eigenvalue weighted by atomic mass is 9.82. The third-order valence-corrected chi connectivity index (χ3v) is 4.62. The summed E-state index contributed by atoms with van der Waals surface area (Å²) in [5, 5.41) is 3.97. The van der Waals surface area contributed by atoms with Crippen molar-refractivity contribution < 1.29 is 13.9 Å². The second-order valence-electron chi connectivity index (χ2n) is 5.43. The van der Waals surface area contributed by atoms with Crippen molar-refractivity contribution in [2.75, 3.05) is 26.9 Å². The summed E-state index contributed by atoms with van der Waals surface area (Å²) in [5.74, 6) is -0.309. The van der Waals surface area contributed by atoms with Crippen LogP contribution >= 0.6 is 11.6 Å². The van der Waals surface area contributed by atoms with Crippen molar-refractivity contribution in [3.63, 3.8) is 0 Å². The first kappa shape index (κ1) is 16.7. The highest BCUT2D eigenvalue weighted by molar-refractivity contribution is 6.31. The molecule has 1 unspecified atom stereocenters. The van der Waals surface area contributed by atoms with Crippen LogP contribution < -0.4 is 5.32 Å². The Labute approximate surface area is 130 Å². The molecule has 1 heterocycles. The van der Waals surface area contributed by atoms with E-state index in [9.17, 15) is 4.39 Å². The molecule has 1 N–H and O–H groups in total. The summed E-state index contributed by atoms with van der Waals surface area (Å²) in [7, 11) is 1.75. The molecule has 0 radical (unpaired) electrons. The molecular weight excluding hydrogens is 293 g/mol. The SMILES string of the molecule is CCNC(Cc1ccc(F)cc1Cl)C1(OC)CCOCC1. The predicted molar refractivity (Wildman–Crippen MR) is 82.4 cm³/mol. The molecule has 3 nitrogen and oxygen atoms in total. The summed E-state index contributed by atoms with van der Waals surface area (Å²) in [6.07, 6.45) is 2.40. The molecule has 0 amide bonds. The normalized spacial score (nSPS) is 19.4. The summed E-state index contributed by atoms with van der Waals surface area (Å²) in [6, 6.07) is 4.70. The van der Waals surface area contributed by atoms with E-state index in [-0.39, 0.29) is 17.5 Å². The van der Waals surface area contributed by atoms with Crippen molar-refractivity contribution >= 4 is 11.6 Å². The van der Waals surface area contributed by atoms with E-state index in [1.54, 1.807) is 13.2 Å². The van der Waals surface area contributed by atoms with Crippen LogP contribution in [0.2, 0.25) is 5.02 Å². The summed E-state index contributed by atoms with van der Waals surface area (Å²) >= 11 is 6.17. The van der Waals surface area contributed by atoms with Gasteiger partial charge in [0.1, 0.15) is 5.82 Å². The van der Waals surface area contributed by atoms with E-state index in [0.717, 1.165) is 24.9 Å². The maximum atomic E-state index is 13.2. The van der Waals surface area contributed by atoms with Crippen LogP contribution in [0, 0.1) is 5.82 Å². The minimum atomic E-state index is -0.309. The number of hydrogen-bond donors (Lipinski definition) is 1. The molecule has 5 heteroatoms. The van der Waals surface area contributed by atoms with Crippen LogP contribution in [0.15, 0.2) is 18.2 Å². The summed E-state index contributed by atoms with van der Waals surface area (Å²) in [6.45, 7) is 4.32. The fraction of sp³-hybridized carbons (Fsp3) is 0.625. The van der Waals surface area contributed by atoms with Gasteiger partial charge in [-0.2, -0.15) is 0 Å². The van der Waals surface area contributed by atoms with Crippen molar-refractivity contribution in [3.8, 4) is 0 Å². The molecular formula is C16H23ClFNO2. The van der Waals surface area contributed by atoms with Gasteiger partial charge in [-0.3, -0.25) is 0 Å². The standard InChI is InChI=1S/C16H23ClFNO2/c1-3-19-15(16(20-2)6-8-21-9-7-16)10-12-4-5-13(18)11-14(12)17/h4-5,11,15,19H,3,6-10H2,1-2H3. The van der Waals surface area contributed by atoms with Crippen LogP contribution in [0.3, 0.4) is 0 Å². The minimum absolute atomic E-state index is 0.124. The number of methoxy groups -OCH3 is 1. The Hall–Kier alpha value is -0.680. The van der Waals surface area contributed by atoms with Crippen LogP contribution in [-0.2, 0) is 15.9 Å². The Morgan fingerprint density at radius 3 is 2.71 bits per heavy atom. The fourth-order valence-electron chi connectivity index (χ4n) is 3.01. The Balaban J connectivity index is 2.21. The Bertz CT molecular complexity index is 464. The minimum Gasteiger partial charge on any atom is -0.381 e. The van der Waals surface area contributed by atoms with Gasteiger partial charge in [0.25, 0.3) is 0 Å². The van der Waals surface area contributed by atoms with E-state index in [2.05, 4.69) is 12.2 Å². The molecule has 2 rings (SSSR count). The average Bonchev–Trinajstić information content (AvgIpc) is 2.50. The third kappa shape index (κ3) is 3.95. The van der Waals surface area contributed by atoms with Crippen LogP contribution in [0.5, 0.6) is 0 Å². The lowest BCUT2D eigenvalue weighted by molar-refractivity contribution is -0.110. The van der Waals surface area contributed by atoms with Crippen LogP contribution in [-0.4, -0.2) is 38.5 Å². The van der Waals surface area contributed by atoms with Gasteiger partial charge in [0, 0.05) is 44.2 Å². The summed E-state index contributed by atoms with van der Waals surface area (Å²) < 4.78 is 24.5. The van der Waals surface area contributed by atoms with E-state index >= 15 is 0 Å². The molecule has 0 aliphatic carbocycles. The van der Waals surface area contributed by atoms with Crippen molar-refractivity contribution in [1.29, 1.82) is 0 Å². The van der Waals surface area contributed by atoms with Crippen molar-refractivity contribution in [3.05, 3.63) is 34.6 Å². The lowest BCUT2D eigenvalue weighted by Gasteiger charge is -2.43. The zero-order chi connectivity index (χ0) is 15.3. The number of halogens is 2. The molecule has 21 heavy (non-hydrogen) atoms. The van der Waals surface area contributed by atoms with Crippen molar-refractivity contribution in [1.82, 2.24) is 5.32 Å². The number of likely N-dealkylation sites (N-methyl/N-ethyl adjacent to an activating group) is 1. The van der Waals surface area contributed by atoms with Crippen LogP contribution in [0.4, 0.5) is 4.39 Å². The molecule has 1 atom stereocenters. The monoisotopic (exact) mass is 315 g/mol. The highest BCUT2D eigenvalue weighted by Gasteiger charge is 2.40. The maximum absolute atomic E-state index is 13.2. The van der Waals surface area contributed by atoms with Gasteiger partial charge < -0.3 is 14.8 Å². The largest absolute Gasteiger partial charge is 0.381 e. The highest BCUT2D eigenvalue weighted by Crippen LogP contribution is 2.31. The first-order chi connectivity index (χ1) is 10.1. The lowest BCUT2D eigenvalue weighted by Crippen LogP contribution is -2.56. The zero-order valence-corrected chi connectivity index (χ0v) is 13.4. The Morgan fingerprint density at radius 1 is 1.43 bits per heavy atom. The molecule has 0 spiro atoms. The smallest absolute Gasteiger partial charge is 0.124 e. The van der Waals surface area contributed by atoms with Gasteiger partial charge in [-0.05, 0) is 30.7 Å². The number of nitrogens with one attached hydrogen (secondary N) is 1. The molecule has 0 bridgehead atoms. The fourth-order valence-corrected chi connectivity index (χ4v) is 3.25. The van der Waals surface area contributed by atoms with Crippen molar-refractivity contribution in [2.24, 2.45) is 0 Å². The molecule has 0 saturated carbocycles. The van der Waals surface area contributed by atoms with Gasteiger partial charge in [-0.1, -0.05) is 24.6 Å². The number of benzene rings is 1. The van der Waals surface area contributed by atoms with E-state index in [4.69, 9.17) is 21.1 Å². The maximum Gasteiger partial charge on any atom is 0.124 e. The van der Waals surface area contributed by atoms with Gasteiger partial charge in [-0.15, -0.1) is 0 Å². The van der Waals surface area contributed by atoms with E-state index in [1.165, 1.54) is 12.1 Å². The topological polar surface area (TPSA) is 30.5 Å². The second kappa shape index (κ2) is 7.54. The molecule has 1 fully saturated rings. The molecule has 0 aromatic heterocycles. The average molecular weight is 316 g/mol. The molecule has 118 valence electrons. The molecule has 1 aromatic carbocycles. The Morgan fingerprint density at radius 2 is 2.14 bits per heavy atom. The molecule has 1 aliphatic rings. The van der Waals surface area contributed by atoms with Crippen LogP contribution in [0.1, 0.15) is 25.3 Å². The molecule has 1 aromatic rings. The highest BCUT2D eigenvalue weighted by atomic mass is 35.5. The third-order valence-electron chi connectivity index (χ3n) is 4.27. The number of hydrogen-bond acceptors (Lipinski definition) is 3. The van der Waals surface area contributed by atoms with Gasteiger partial charge >= 0.3 is 0 Å². The van der Waals surface area contributed by atoms with Crippen molar-refractivity contribution in [2.45, 2.75) is 37.8 Å².